The molecule has 3 aromatic heterocycles. The number of pyridine rings is 1. The third kappa shape index (κ3) is 3.29. The van der Waals surface area contributed by atoms with Crippen LogP contribution in [-0.4, -0.2) is 50.3 Å². The molecule has 0 unspecified atom stereocenters. The number of nitrogens with one attached hydrogen (secondary N) is 2. The maximum absolute atomic E-state index is 12.4. The van der Waals surface area contributed by atoms with Crippen LogP contribution < -0.4 is 5.32 Å². The second-order valence-electron chi connectivity index (χ2n) is 6.05. The number of H-pyrrole nitrogens is 1. The van der Waals surface area contributed by atoms with E-state index in [-0.39, 0.29) is 11.9 Å². The second-order valence-corrected chi connectivity index (χ2v) is 6.83. The first-order valence-corrected chi connectivity index (χ1v) is 8.93. The Hall–Kier alpha value is -2.32. The molecular formula is C16H18N6OS. The number of carbonyl (C=O) groups is 1. The van der Waals surface area contributed by atoms with E-state index in [0.717, 1.165) is 32.5 Å². The maximum Gasteiger partial charge on any atom is 0.253 e. The fraction of sp³-hybridized carbons (Fsp3) is 0.375. The molecule has 0 aliphatic carbocycles. The number of fused-ring (bicyclic) bond motifs is 1. The van der Waals surface area contributed by atoms with Crippen molar-refractivity contribution in [3.8, 4) is 0 Å². The zero-order valence-corrected chi connectivity index (χ0v) is 13.9. The van der Waals surface area contributed by atoms with E-state index < -0.39 is 0 Å². The standard InChI is InChI=1S/C16H18N6OS/c23-16(12-7-14-15(17-8-12)20-21-19-14)18-13-1-4-22(5-2-13)9-11-3-6-24-10-11/h3,6-8,10,13H,1-2,4-5,9H2,(H,18,23)(H,17,19,20,21). The molecular weight excluding hydrogens is 324 g/mol. The lowest BCUT2D eigenvalue weighted by Crippen LogP contribution is -2.44. The van der Waals surface area contributed by atoms with Gasteiger partial charge in [0.1, 0.15) is 5.52 Å². The number of piperidine rings is 1. The second kappa shape index (κ2) is 6.66. The van der Waals surface area contributed by atoms with Gasteiger partial charge in [0.15, 0.2) is 0 Å². The molecule has 1 saturated heterocycles. The van der Waals surface area contributed by atoms with Gasteiger partial charge in [-0.1, -0.05) is 0 Å². The molecule has 0 bridgehead atoms. The number of aromatic nitrogens is 4. The van der Waals surface area contributed by atoms with E-state index in [1.807, 2.05) is 0 Å². The average Bonchev–Trinajstić information content (AvgIpc) is 3.27. The molecule has 0 saturated carbocycles. The number of amides is 1. The molecule has 3 aromatic rings. The number of nitrogens with zero attached hydrogens (tertiary/aromatic N) is 4. The van der Waals surface area contributed by atoms with Crippen LogP contribution in [0.2, 0.25) is 0 Å². The predicted octanol–water partition coefficient (Wildman–Crippen LogP) is 1.81. The van der Waals surface area contributed by atoms with Crippen LogP contribution in [0.25, 0.3) is 11.2 Å². The summed E-state index contributed by atoms with van der Waals surface area (Å²) in [6.45, 7) is 3.00. The van der Waals surface area contributed by atoms with Gasteiger partial charge < -0.3 is 5.32 Å². The summed E-state index contributed by atoms with van der Waals surface area (Å²) in [5.74, 6) is -0.0938. The Labute approximate surface area is 143 Å². The number of rotatable bonds is 4. The highest BCUT2D eigenvalue weighted by Gasteiger charge is 2.21. The first-order valence-electron chi connectivity index (χ1n) is 7.99. The highest BCUT2D eigenvalue weighted by Crippen LogP contribution is 2.16. The van der Waals surface area contributed by atoms with Crippen LogP contribution in [0.15, 0.2) is 29.1 Å². The van der Waals surface area contributed by atoms with Crippen LogP contribution in [0.5, 0.6) is 0 Å². The van der Waals surface area contributed by atoms with Gasteiger partial charge in [-0.3, -0.25) is 9.69 Å². The van der Waals surface area contributed by atoms with Crippen LogP contribution >= 0.6 is 11.3 Å². The minimum atomic E-state index is -0.0938. The number of likely N-dealkylation sites (tertiary alicyclic amines) is 1. The van der Waals surface area contributed by atoms with Gasteiger partial charge in [-0.15, -0.1) is 5.10 Å². The number of carbonyl (C=O) groups excluding carboxylic acids is 1. The molecule has 1 fully saturated rings. The average molecular weight is 342 g/mol. The maximum atomic E-state index is 12.4. The van der Waals surface area contributed by atoms with Crippen LogP contribution in [0, 0.1) is 0 Å². The van der Waals surface area contributed by atoms with Crippen LogP contribution in [-0.2, 0) is 6.54 Å². The molecule has 8 heteroatoms. The lowest BCUT2D eigenvalue weighted by Gasteiger charge is -2.32. The minimum Gasteiger partial charge on any atom is -0.349 e. The first-order chi connectivity index (χ1) is 11.8. The summed E-state index contributed by atoms with van der Waals surface area (Å²) in [5, 5.41) is 17.8. The Morgan fingerprint density at radius 2 is 2.25 bits per heavy atom. The number of hydrogen-bond acceptors (Lipinski definition) is 6. The summed E-state index contributed by atoms with van der Waals surface area (Å²) in [6.07, 6.45) is 3.48. The van der Waals surface area contributed by atoms with Crippen LogP contribution in [0.3, 0.4) is 0 Å². The van der Waals surface area contributed by atoms with Gasteiger partial charge in [-0.05, 0) is 41.3 Å². The Balaban J connectivity index is 1.32. The van der Waals surface area contributed by atoms with E-state index in [2.05, 4.69) is 47.4 Å². The third-order valence-electron chi connectivity index (χ3n) is 4.34. The topological polar surface area (TPSA) is 86.8 Å². The van der Waals surface area contributed by atoms with Crippen LogP contribution in [0.1, 0.15) is 28.8 Å². The molecule has 1 aliphatic rings. The molecule has 4 heterocycles. The van der Waals surface area contributed by atoms with Gasteiger partial charge in [0, 0.05) is 31.9 Å². The Kier molecular flexibility index (Phi) is 4.22. The van der Waals surface area contributed by atoms with Crippen molar-refractivity contribution in [1.29, 1.82) is 0 Å². The first kappa shape index (κ1) is 15.2. The molecule has 0 radical (unpaired) electrons. The van der Waals surface area contributed by atoms with Gasteiger partial charge in [0.25, 0.3) is 5.91 Å². The van der Waals surface area contributed by atoms with Crippen molar-refractivity contribution >= 4 is 28.4 Å². The smallest absolute Gasteiger partial charge is 0.253 e. The van der Waals surface area contributed by atoms with Gasteiger partial charge in [-0.2, -0.15) is 21.6 Å². The van der Waals surface area contributed by atoms with Crippen molar-refractivity contribution in [3.63, 3.8) is 0 Å². The molecule has 1 amide bonds. The van der Waals surface area contributed by atoms with E-state index in [1.165, 1.54) is 5.56 Å². The normalized spacial score (nSPS) is 16.5. The Morgan fingerprint density at radius 3 is 3.04 bits per heavy atom. The van der Waals surface area contributed by atoms with Crippen molar-refractivity contribution in [2.24, 2.45) is 0 Å². The predicted molar refractivity (Wildman–Crippen MR) is 91.8 cm³/mol. The molecule has 0 spiro atoms. The molecule has 24 heavy (non-hydrogen) atoms. The lowest BCUT2D eigenvalue weighted by molar-refractivity contribution is 0.0908. The molecule has 1 aliphatic heterocycles. The zero-order valence-electron chi connectivity index (χ0n) is 13.1. The zero-order chi connectivity index (χ0) is 16.4. The Bertz CT molecular complexity index is 822. The fourth-order valence-corrected chi connectivity index (χ4v) is 3.67. The number of thiophene rings is 1. The lowest BCUT2D eigenvalue weighted by atomic mass is 10.0. The van der Waals surface area contributed by atoms with E-state index in [9.17, 15) is 4.79 Å². The summed E-state index contributed by atoms with van der Waals surface area (Å²) >= 11 is 1.73. The molecule has 4 rings (SSSR count). The molecule has 7 nitrogen and oxygen atoms in total. The molecule has 2 N–H and O–H groups in total. The van der Waals surface area contributed by atoms with Gasteiger partial charge in [0.05, 0.1) is 5.56 Å². The molecule has 124 valence electrons. The van der Waals surface area contributed by atoms with Gasteiger partial charge >= 0.3 is 0 Å². The van der Waals surface area contributed by atoms with Gasteiger partial charge in [0.2, 0.25) is 5.65 Å². The highest BCUT2D eigenvalue weighted by atomic mass is 32.1. The summed E-state index contributed by atoms with van der Waals surface area (Å²) in [6, 6.07) is 4.10. The van der Waals surface area contributed by atoms with Crippen molar-refractivity contribution < 1.29 is 4.79 Å². The summed E-state index contributed by atoms with van der Waals surface area (Å²) in [7, 11) is 0. The van der Waals surface area contributed by atoms with Crippen molar-refractivity contribution in [1.82, 2.24) is 30.6 Å². The fourth-order valence-electron chi connectivity index (χ4n) is 3.01. The van der Waals surface area contributed by atoms with Gasteiger partial charge in [-0.25, -0.2) is 4.98 Å². The SMILES string of the molecule is O=C(NC1CCN(Cc2ccsc2)CC1)c1cnc2n[nH]nc2c1. The van der Waals surface area contributed by atoms with Crippen molar-refractivity contribution in [2.45, 2.75) is 25.4 Å². The quantitative estimate of drug-likeness (QED) is 0.755. The molecule has 0 aromatic carbocycles. The largest absolute Gasteiger partial charge is 0.349 e. The molecule has 0 atom stereocenters. The third-order valence-corrected chi connectivity index (χ3v) is 5.08. The van der Waals surface area contributed by atoms with Crippen molar-refractivity contribution in [3.05, 3.63) is 40.2 Å². The van der Waals surface area contributed by atoms with E-state index in [4.69, 9.17) is 0 Å². The monoisotopic (exact) mass is 342 g/mol. The van der Waals surface area contributed by atoms with E-state index in [1.54, 1.807) is 23.6 Å². The summed E-state index contributed by atoms with van der Waals surface area (Å²) in [4.78, 5) is 19.0. The van der Waals surface area contributed by atoms with Crippen LogP contribution in [0.4, 0.5) is 0 Å². The van der Waals surface area contributed by atoms with Crippen molar-refractivity contribution in [2.75, 3.05) is 13.1 Å². The minimum absolute atomic E-state index is 0.0938. The van der Waals surface area contributed by atoms with E-state index >= 15 is 0 Å². The Morgan fingerprint density at radius 1 is 1.38 bits per heavy atom. The summed E-state index contributed by atoms with van der Waals surface area (Å²) in [5.41, 5.74) is 3.02. The van der Waals surface area contributed by atoms with E-state index in [0.29, 0.717) is 16.7 Å². The summed E-state index contributed by atoms with van der Waals surface area (Å²) < 4.78 is 0. The number of aromatic amines is 1. The highest BCUT2D eigenvalue weighted by molar-refractivity contribution is 7.07. The number of hydrogen-bond donors (Lipinski definition) is 2.